The standard InChI is InChI=1S/C6H8N6O2/c7-1-10-5-2(3(8)13)11-6(12-5)4(9)14/h1H,(H2,7,10)(H2,8,13)(H2,9,14)(H,11,12). The van der Waals surface area contributed by atoms with Crippen molar-refractivity contribution in [2.24, 2.45) is 22.2 Å². The molecular formula is C6H8N6O2. The molecule has 0 aliphatic carbocycles. The Kier molecular flexibility index (Phi) is 2.47. The molecule has 8 nitrogen and oxygen atoms in total. The fourth-order valence-electron chi connectivity index (χ4n) is 0.817. The van der Waals surface area contributed by atoms with E-state index in [1.165, 1.54) is 0 Å². The van der Waals surface area contributed by atoms with Gasteiger partial charge in [0.05, 0.1) is 6.34 Å². The van der Waals surface area contributed by atoms with Crippen LogP contribution in [0.5, 0.6) is 0 Å². The number of hydrogen-bond donors (Lipinski definition) is 4. The van der Waals surface area contributed by atoms with Gasteiger partial charge in [0.25, 0.3) is 11.8 Å². The van der Waals surface area contributed by atoms with Gasteiger partial charge < -0.3 is 22.2 Å². The number of aromatic amines is 1. The molecule has 0 aromatic carbocycles. The average molecular weight is 196 g/mol. The molecule has 0 aliphatic rings. The van der Waals surface area contributed by atoms with Gasteiger partial charge in [0.1, 0.15) is 0 Å². The zero-order chi connectivity index (χ0) is 10.7. The molecule has 0 saturated heterocycles. The van der Waals surface area contributed by atoms with Crippen molar-refractivity contribution >= 4 is 24.0 Å². The summed E-state index contributed by atoms with van der Waals surface area (Å²) in [6.45, 7) is 0. The largest absolute Gasteiger partial charge is 0.390 e. The normalized spacial score (nSPS) is 10.6. The smallest absolute Gasteiger partial charge is 0.284 e. The highest BCUT2D eigenvalue weighted by atomic mass is 16.2. The van der Waals surface area contributed by atoms with Gasteiger partial charge in [0.15, 0.2) is 17.3 Å². The Balaban J connectivity index is 3.25. The highest BCUT2D eigenvalue weighted by Crippen LogP contribution is 2.14. The molecule has 0 aliphatic heterocycles. The lowest BCUT2D eigenvalue weighted by Crippen LogP contribution is -2.15. The average Bonchev–Trinajstić information content (AvgIpc) is 2.49. The number of nitrogens with two attached hydrogens (primary N) is 3. The molecule has 1 rings (SSSR count). The van der Waals surface area contributed by atoms with Crippen LogP contribution in [-0.4, -0.2) is 28.1 Å². The maximum atomic E-state index is 10.8. The highest BCUT2D eigenvalue weighted by molar-refractivity contribution is 5.98. The molecule has 2 amide bonds. The van der Waals surface area contributed by atoms with E-state index in [-0.39, 0.29) is 17.3 Å². The van der Waals surface area contributed by atoms with Crippen LogP contribution < -0.4 is 17.2 Å². The number of nitrogens with one attached hydrogen (secondary N) is 1. The molecule has 1 aromatic rings. The monoisotopic (exact) mass is 196 g/mol. The van der Waals surface area contributed by atoms with Crippen molar-refractivity contribution in [2.75, 3.05) is 0 Å². The first-order valence-electron chi connectivity index (χ1n) is 3.50. The molecule has 0 unspecified atom stereocenters. The number of carbonyl (C=O) groups excluding carboxylic acids is 2. The molecule has 0 fully saturated rings. The van der Waals surface area contributed by atoms with Gasteiger partial charge in [-0.3, -0.25) is 9.59 Å². The number of H-pyrrole nitrogens is 1. The fourth-order valence-corrected chi connectivity index (χ4v) is 0.817. The third-order valence-corrected chi connectivity index (χ3v) is 1.36. The molecule has 1 heterocycles. The predicted octanol–water partition coefficient (Wildman–Crippen LogP) is -1.77. The quantitative estimate of drug-likeness (QED) is 0.333. The first-order chi connectivity index (χ1) is 6.56. The summed E-state index contributed by atoms with van der Waals surface area (Å²) in [4.78, 5) is 31.0. The van der Waals surface area contributed by atoms with Crippen molar-refractivity contribution in [1.29, 1.82) is 0 Å². The zero-order valence-electron chi connectivity index (χ0n) is 7.02. The van der Waals surface area contributed by atoms with E-state index in [9.17, 15) is 9.59 Å². The van der Waals surface area contributed by atoms with E-state index >= 15 is 0 Å². The number of amides is 2. The Morgan fingerprint density at radius 1 is 1.36 bits per heavy atom. The van der Waals surface area contributed by atoms with Crippen LogP contribution in [0.3, 0.4) is 0 Å². The van der Waals surface area contributed by atoms with E-state index < -0.39 is 11.8 Å². The molecule has 14 heavy (non-hydrogen) atoms. The molecule has 0 bridgehead atoms. The molecular weight excluding hydrogens is 188 g/mol. The molecule has 0 spiro atoms. The van der Waals surface area contributed by atoms with Crippen molar-refractivity contribution in [3.05, 3.63) is 11.5 Å². The maximum Gasteiger partial charge on any atom is 0.284 e. The van der Waals surface area contributed by atoms with Crippen LogP contribution in [0.2, 0.25) is 0 Å². The van der Waals surface area contributed by atoms with Gasteiger partial charge in [-0.15, -0.1) is 0 Å². The lowest BCUT2D eigenvalue weighted by molar-refractivity contribution is 0.0991. The van der Waals surface area contributed by atoms with Gasteiger partial charge in [-0.1, -0.05) is 0 Å². The number of aromatic nitrogens is 2. The Hall–Kier alpha value is -2.38. The van der Waals surface area contributed by atoms with Gasteiger partial charge in [-0.25, -0.2) is 9.98 Å². The minimum Gasteiger partial charge on any atom is -0.390 e. The summed E-state index contributed by atoms with van der Waals surface area (Å²) in [5.74, 6) is -1.87. The molecule has 0 radical (unpaired) electrons. The van der Waals surface area contributed by atoms with Gasteiger partial charge in [0.2, 0.25) is 0 Å². The van der Waals surface area contributed by atoms with E-state index in [4.69, 9.17) is 17.2 Å². The summed E-state index contributed by atoms with van der Waals surface area (Å²) >= 11 is 0. The predicted molar refractivity (Wildman–Crippen MR) is 48.0 cm³/mol. The Bertz CT molecular complexity index is 406. The van der Waals surface area contributed by atoms with Crippen LogP contribution in [0.15, 0.2) is 4.99 Å². The van der Waals surface area contributed by atoms with E-state index in [1.807, 2.05) is 0 Å². The van der Waals surface area contributed by atoms with Crippen molar-refractivity contribution in [3.63, 3.8) is 0 Å². The Morgan fingerprint density at radius 2 is 2.00 bits per heavy atom. The Morgan fingerprint density at radius 3 is 2.43 bits per heavy atom. The first-order valence-corrected chi connectivity index (χ1v) is 3.50. The Labute approximate surface area is 78.2 Å². The minimum absolute atomic E-state index is 0.0613. The van der Waals surface area contributed by atoms with E-state index in [0.29, 0.717) is 0 Å². The molecule has 74 valence electrons. The number of rotatable bonds is 3. The third kappa shape index (κ3) is 1.68. The first kappa shape index (κ1) is 9.71. The van der Waals surface area contributed by atoms with Crippen LogP contribution in [0.1, 0.15) is 21.1 Å². The van der Waals surface area contributed by atoms with E-state index in [2.05, 4.69) is 15.0 Å². The van der Waals surface area contributed by atoms with Crippen LogP contribution in [0.25, 0.3) is 0 Å². The molecule has 0 atom stereocenters. The summed E-state index contributed by atoms with van der Waals surface area (Å²) in [6.07, 6.45) is 0.924. The van der Waals surface area contributed by atoms with Crippen molar-refractivity contribution in [1.82, 2.24) is 9.97 Å². The van der Waals surface area contributed by atoms with Crippen LogP contribution in [0, 0.1) is 0 Å². The molecule has 1 aromatic heterocycles. The second-order valence-corrected chi connectivity index (χ2v) is 2.29. The van der Waals surface area contributed by atoms with Gasteiger partial charge in [0, 0.05) is 0 Å². The second-order valence-electron chi connectivity index (χ2n) is 2.29. The third-order valence-electron chi connectivity index (χ3n) is 1.36. The van der Waals surface area contributed by atoms with Gasteiger partial charge in [-0.05, 0) is 0 Å². The van der Waals surface area contributed by atoms with E-state index in [0.717, 1.165) is 6.34 Å². The number of imidazole rings is 1. The maximum absolute atomic E-state index is 10.8. The highest BCUT2D eigenvalue weighted by Gasteiger charge is 2.16. The zero-order valence-corrected chi connectivity index (χ0v) is 7.02. The van der Waals surface area contributed by atoms with Gasteiger partial charge in [-0.2, -0.15) is 0 Å². The fraction of sp³-hybridized carbons (Fsp3) is 0. The topological polar surface area (TPSA) is 153 Å². The molecule has 0 saturated carbocycles. The lowest BCUT2D eigenvalue weighted by Gasteiger charge is -1.88. The summed E-state index contributed by atoms with van der Waals surface area (Å²) in [5.41, 5.74) is 14.8. The summed E-state index contributed by atoms with van der Waals surface area (Å²) < 4.78 is 0. The van der Waals surface area contributed by atoms with Crippen molar-refractivity contribution in [2.45, 2.75) is 0 Å². The number of carbonyl (C=O) groups is 2. The van der Waals surface area contributed by atoms with Crippen molar-refractivity contribution < 1.29 is 9.59 Å². The number of primary amides is 2. The summed E-state index contributed by atoms with van der Waals surface area (Å²) in [5, 5.41) is 0. The second kappa shape index (κ2) is 3.56. The SMILES string of the molecule is NC=Nc1nc(C(N)=O)[nH]c1C(N)=O. The summed E-state index contributed by atoms with van der Waals surface area (Å²) in [6, 6.07) is 0. The van der Waals surface area contributed by atoms with Crippen molar-refractivity contribution in [3.8, 4) is 0 Å². The molecule has 7 N–H and O–H groups in total. The van der Waals surface area contributed by atoms with Crippen LogP contribution >= 0.6 is 0 Å². The number of nitrogens with zero attached hydrogens (tertiary/aromatic N) is 2. The van der Waals surface area contributed by atoms with Gasteiger partial charge >= 0.3 is 0 Å². The number of aliphatic imine (C=N–C) groups is 1. The lowest BCUT2D eigenvalue weighted by atomic mass is 10.4. The minimum atomic E-state index is -0.814. The number of hydrogen-bond acceptors (Lipinski definition) is 4. The molecule has 8 heteroatoms. The van der Waals surface area contributed by atoms with Crippen LogP contribution in [-0.2, 0) is 0 Å². The van der Waals surface area contributed by atoms with E-state index in [1.54, 1.807) is 0 Å². The van der Waals surface area contributed by atoms with Crippen LogP contribution in [0.4, 0.5) is 5.82 Å². The summed E-state index contributed by atoms with van der Waals surface area (Å²) in [7, 11) is 0.